The van der Waals surface area contributed by atoms with Crippen molar-refractivity contribution in [3.05, 3.63) is 100 Å². The van der Waals surface area contributed by atoms with Gasteiger partial charge in [0.05, 0.1) is 5.69 Å². The van der Waals surface area contributed by atoms with Crippen molar-refractivity contribution in [1.82, 2.24) is 4.98 Å². The third-order valence-corrected chi connectivity index (χ3v) is 5.86. The SMILES string of the molecule is O=C(COC(=O)COc1ccc(C(=O)c2ccccc2)cc1)Nc1nc(-c2ccccc2Cl)cs1. The monoisotopic (exact) mass is 506 g/mol. The topological polar surface area (TPSA) is 94.6 Å². The molecule has 7 nitrogen and oxygen atoms in total. The minimum Gasteiger partial charge on any atom is -0.482 e. The summed E-state index contributed by atoms with van der Waals surface area (Å²) in [6, 6.07) is 22.6. The highest BCUT2D eigenvalue weighted by Crippen LogP contribution is 2.30. The molecule has 0 saturated heterocycles. The van der Waals surface area contributed by atoms with E-state index in [-0.39, 0.29) is 12.4 Å². The number of carbonyl (C=O) groups excluding carboxylic acids is 3. The van der Waals surface area contributed by atoms with E-state index >= 15 is 0 Å². The number of benzene rings is 3. The lowest BCUT2D eigenvalue weighted by atomic mass is 10.0. The lowest BCUT2D eigenvalue weighted by Crippen LogP contribution is -2.23. The Kier molecular flexibility index (Phi) is 7.87. The molecule has 0 radical (unpaired) electrons. The Morgan fingerprint density at radius 3 is 2.29 bits per heavy atom. The van der Waals surface area contributed by atoms with Gasteiger partial charge in [-0.15, -0.1) is 11.3 Å². The summed E-state index contributed by atoms with van der Waals surface area (Å²) in [6.45, 7) is -0.860. The molecule has 0 aliphatic rings. The molecule has 0 saturated carbocycles. The molecule has 9 heteroatoms. The van der Waals surface area contributed by atoms with Gasteiger partial charge in [0.15, 0.2) is 24.1 Å². The van der Waals surface area contributed by atoms with Crippen molar-refractivity contribution < 1.29 is 23.9 Å². The number of amides is 1. The summed E-state index contributed by atoms with van der Waals surface area (Å²) in [5.74, 6) is -0.949. The Morgan fingerprint density at radius 1 is 0.857 bits per heavy atom. The summed E-state index contributed by atoms with van der Waals surface area (Å²) in [4.78, 5) is 40.8. The molecule has 0 unspecified atom stereocenters. The molecule has 4 aromatic rings. The lowest BCUT2D eigenvalue weighted by molar-refractivity contribution is -0.149. The van der Waals surface area contributed by atoms with Crippen LogP contribution in [0.2, 0.25) is 5.02 Å². The number of hydrogen-bond acceptors (Lipinski definition) is 7. The van der Waals surface area contributed by atoms with Crippen molar-refractivity contribution >= 4 is 45.7 Å². The highest BCUT2D eigenvalue weighted by atomic mass is 35.5. The van der Waals surface area contributed by atoms with Crippen molar-refractivity contribution in [1.29, 1.82) is 0 Å². The van der Waals surface area contributed by atoms with Crippen LogP contribution in [-0.4, -0.2) is 35.9 Å². The fraction of sp³-hybridized carbons (Fsp3) is 0.0769. The Balaban J connectivity index is 1.21. The van der Waals surface area contributed by atoms with Crippen molar-refractivity contribution in [2.45, 2.75) is 0 Å². The van der Waals surface area contributed by atoms with Crippen molar-refractivity contribution in [3.63, 3.8) is 0 Å². The van der Waals surface area contributed by atoms with Crippen molar-refractivity contribution in [2.24, 2.45) is 0 Å². The first-order valence-corrected chi connectivity index (χ1v) is 11.7. The van der Waals surface area contributed by atoms with Crippen molar-refractivity contribution in [2.75, 3.05) is 18.5 Å². The smallest absolute Gasteiger partial charge is 0.344 e. The van der Waals surface area contributed by atoms with E-state index in [1.807, 2.05) is 24.3 Å². The van der Waals surface area contributed by atoms with Gasteiger partial charge < -0.3 is 9.47 Å². The van der Waals surface area contributed by atoms with E-state index in [0.717, 1.165) is 5.56 Å². The summed E-state index contributed by atoms with van der Waals surface area (Å²) in [6.07, 6.45) is 0. The van der Waals surface area contributed by atoms with Gasteiger partial charge >= 0.3 is 5.97 Å². The van der Waals surface area contributed by atoms with Gasteiger partial charge in [0, 0.05) is 27.1 Å². The van der Waals surface area contributed by atoms with E-state index in [9.17, 15) is 14.4 Å². The Labute approximate surface area is 210 Å². The molecule has 3 aromatic carbocycles. The van der Waals surface area contributed by atoms with Crippen molar-refractivity contribution in [3.8, 4) is 17.0 Å². The lowest BCUT2D eigenvalue weighted by Gasteiger charge is -2.08. The van der Waals surface area contributed by atoms with Gasteiger partial charge in [-0.25, -0.2) is 9.78 Å². The molecule has 0 atom stereocenters. The Bertz CT molecular complexity index is 1340. The fourth-order valence-electron chi connectivity index (χ4n) is 3.07. The molecule has 1 aromatic heterocycles. The van der Waals surface area contributed by atoms with E-state index < -0.39 is 18.5 Å². The van der Waals surface area contributed by atoms with E-state index in [0.29, 0.717) is 32.7 Å². The third-order valence-electron chi connectivity index (χ3n) is 4.77. The Morgan fingerprint density at radius 2 is 1.54 bits per heavy atom. The normalized spacial score (nSPS) is 10.4. The second-order valence-corrected chi connectivity index (χ2v) is 8.50. The molecule has 0 aliphatic heterocycles. The summed E-state index contributed by atoms with van der Waals surface area (Å²) >= 11 is 7.41. The number of rotatable bonds is 9. The van der Waals surface area contributed by atoms with Crippen LogP contribution in [-0.2, 0) is 14.3 Å². The van der Waals surface area contributed by atoms with Crippen LogP contribution in [0.25, 0.3) is 11.3 Å². The second kappa shape index (κ2) is 11.4. The number of aromatic nitrogens is 1. The molecule has 1 amide bonds. The zero-order chi connectivity index (χ0) is 24.6. The maximum Gasteiger partial charge on any atom is 0.344 e. The number of ketones is 1. The van der Waals surface area contributed by atoms with Crippen LogP contribution in [0.3, 0.4) is 0 Å². The fourth-order valence-corrected chi connectivity index (χ4v) is 4.03. The van der Waals surface area contributed by atoms with Crippen LogP contribution >= 0.6 is 22.9 Å². The number of thiazole rings is 1. The first-order valence-electron chi connectivity index (χ1n) is 10.5. The number of nitrogens with one attached hydrogen (secondary N) is 1. The first kappa shape index (κ1) is 24.1. The number of hydrogen-bond donors (Lipinski definition) is 1. The molecule has 0 spiro atoms. The minimum absolute atomic E-state index is 0.109. The molecular weight excluding hydrogens is 488 g/mol. The molecule has 0 fully saturated rings. The van der Waals surface area contributed by atoms with E-state index in [4.69, 9.17) is 21.1 Å². The number of nitrogens with zero attached hydrogens (tertiary/aromatic N) is 1. The van der Waals surface area contributed by atoms with Gasteiger partial charge in [0.2, 0.25) is 0 Å². The highest BCUT2D eigenvalue weighted by molar-refractivity contribution is 7.14. The van der Waals surface area contributed by atoms with Gasteiger partial charge in [-0.05, 0) is 30.3 Å². The van der Waals surface area contributed by atoms with Gasteiger partial charge in [-0.2, -0.15) is 0 Å². The summed E-state index contributed by atoms with van der Waals surface area (Å²) in [5, 5.41) is 5.28. The Hall–Kier alpha value is -4.01. The molecule has 1 heterocycles. The van der Waals surface area contributed by atoms with Gasteiger partial charge in [0.1, 0.15) is 5.75 Å². The predicted octanol–water partition coefficient (Wildman–Crippen LogP) is 5.26. The average Bonchev–Trinajstić information content (AvgIpc) is 3.35. The summed E-state index contributed by atoms with van der Waals surface area (Å²) in [5.41, 5.74) is 2.48. The number of ether oxygens (including phenoxy) is 2. The largest absolute Gasteiger partial charge is 0.482 e. The van der Waals surface area contributed by atoms with Crippen LogP contribution in [0.1, 0.15) is 15.9 Å². The summed E-state index contributed by atoms with van der Waals surface area (Å²) in [7, 11) is 0. The van der Waals surface area contributed by atoms with E-state index in [1.165, 1.54) is 11.3 Å². The number of halogens is 1. The molecule has 1 N–H and O–H groups in total. The first-order chi connectivity index (χ1) is 17.0. The summed E-state index contributed by atoms with van der Waals surface area (Å²) < 4.78 is 10.3. The molecule has 4 rings (SSSR count). The van der Waals surface area contributed by atoms with Crippen LogP contribution < -0.4 is 10.1 Å². The van der Waals surface area contributed by atoms with Gasteiger partial charge in [-0.3, -0.25) is 14.9 Å². The maximum atomic E-state index is 12.4. The third kappa shape index (κ3) is 6.53. The zero-order valence-electron chi connectivity index (χ0n) is 18.3. The standard InChI is InChI=1S/C26H19ClN2O5S/c27-21-9-5-4-8-20(21)22-16-35-26(28-22)29-23(30)14-34-24(31)15-33-19-12-10-18(11-13-19)25(32)17-6-2-1-3-7-17/h1-13,16H,14-15H2,(H,28,29,30). The van der Waals surface area contributed by atoms with Gasteiger partial charge in [0.25, 0.3) is 5.91 Å². The van der Waals surface area contributed by atoms with Crippen LogP contribution in [0, 0.1) is 0 Å². The zero-order valence-corrected chi connectivity index (χ0v) is 19.8. The molecule has 0 aliphatic carbocycles. The maximum absolute atomic E-state index is 12.4. The van der Waals surface area contributed by atoms with E-state index in [1.54, 1.807) is 60.0 Å². The molecule has 35 heavy (non-hydrogen) atoms. The molecular formula is C26H19ClN2O5S. The average molecular weight is 507 g/mol. The number of esters is 1. The van der Waals surface area contributed by atoms with E-state index in [2.05, 4.69) is 10.3 Å². The minimum atomic E-state index is -0.708. The van der Waals surface area contributed by atoms with Crippen LogP contribution in [0.5, 0.6) is 5.75 Å². The predicted molar refractivity (Wildman–Crippen MR) is 134 cm³/mol. The van der Waals surface area contributed by atoms with Crippen LogP contribution in [0.15, 0.2) is 84.2 Å². The molecule has 0 bridgehead atoms. The molecule has 176 valence electrons. The van der Waals surface area contributed by atoms with Gasteiger partial charge in [-0.1, -0.05) is 60.1 Å². The number of anilines is 1. The quantitative estimate of drug-likeness (QED) is 0.246. The number of carbonyl (C=O) groups is 3. The highest BCUT2D eigenvalue weighted by Gasteiger charge is 2.13. The van der Waals surface area contributed by atoms with Crippen LogP contribution in [0.4, 0.5) is 5.13 Å². The second-order valence-electron chi connectivity index (χ2n) is 7.23.